The Labute approximate surface area is 101 Å². The minimum atomic E-state index is -0.453. The third-order valence-electron chi connectivity index (χ3n) is 1.98. The van der Waals surface area contributed by atoms with E-state index in [1.165, 1.54) is 5.56 Å². The molecule has 0 bridgehead atoms. The van der Waals surface area contributed by atoms with Crippen LogP contribution in [0, 0.1) is 0 Å². The molecule has 1 aromatic carbocycles. The number of hydrogen-bond donors (Lipinski definition) is 0. The number of nitrogens with zero attached hydrogens (tertiary/aromatic N) is 1. The van der Waals surface area contributed by atoms with Crippen molar-refractivity contribution < 1.29 is 4.74 Å². The SMILES string of the molecule is COCN(Cc1ccccc1)C([Si])([Si])[Si]. The summed E-state index contributed by atoms with van der Waals surface area (Å²) in [6, 6.07) is 10.2. The van der Waals surface area contributed by atoms with Gasteiger partial charge in [0.25, 0.3) is 0 Å². The zero-order valence-electron chi connectivity index (χ0n) is 8.66. The predicted octanol–water partition coefficient (Wildman–Crippen LogP) is 0.209. The third kappa shape index (κ3) is 4.44. The lowest BCUT2D eigenvalue weighted by Crippen LogP contribution is -2.50. The highest BCUT2D eigenvalue weighted by Gasteiger charge is 2.21. The Bertz CT molecular complexity index is 286. The molecule has 9 radical (unpaired) electrons. The summed E-state index contributed by atoms with van der Waals surface area (Å²) in [5.74, 6) is 0. The zero-order chi connectivity index (χ0) is 11.3. The van der Waals surface area contributed by atoms with Crippen LogP contribution in [0.25, 0.3) is 0 Å². The lowest BCUT2D eigenvalue weighted by atomic mass is 10.2. The van der Waals surface area contributed by atoms with Crippen molar-refractivity contribution in [3.05, 3.63) is 35.9 Å². The van der Waals surface area contributed by atoms with Gasteiger partial charge in [-0.25, -0.2) is 0 Å². The van der Waals surface area contributed by atoms with Gasteiger partial charge in [-0.05, 0) is 9.97 Å². The van der Waals surface area contributed by atoms with Crippen LogP contribution in [0.4, 0.5) is 0 Å². The van der Waals surface area contributed by atoms with Gasteiger partial charge in [0.05, 0.1) is 6.73 Å². The molecule has 0 unspecified atom stereocenters. The monoisotopic (exact) mass is 246 g/mol. The molecule has 0 aliphatic heterocycles. The Morgan fingerprint density at radius 1 is 1.20 bits per heavy atom. The fraction of sp³-hybridized carbons (Fsp3) is 0.400. The van der Waals surface area contributed by atoms with Gasteiger partial charge >= 0.3 is 0 Å². The molecular weight excluding hydrogens is 234 g/mol. The first kappa shape index (κ1) is 12.9. The average Bonchev–Trinajstić information content (AvgIpc) is 2.17. The standard InChI is InChI=1S/C10H12NOSi3/c1-12-8-11(10(13,14)15)7-9-5-3-2-4-6-9/h2-6H,7-8H2,1H3. The van der Waals surface area contributed by atoms with Crippen molar-refractivity contribution in [1.82, 2.24) is 4.90 Å². The zero-order valence-corrected chi connectivity index (χ0v) is 11.7. The Hall–Kier alpha value is -0.209. The van der Waals surface area contributed by atoms with Gasteiger partial charge in [-0.2, -0.15) is 0 Å². The molecule has 0 aliphatic rings. The van der Waals surface area contributed by atoms with E-state index in [-0.39, 0.29) is 0 Å². The van der Waals surface area contributed by atoms with Crippen molar-refractivity contribution in [2.45, 2.75) is 11.0 Å². The van der Waals surface area contributed by atoms with E-state index in [1.807, 2.05) is 23.1 Å². The molecule has 1 aromatic rings. The smallest absolute Gasteiger partial charge is 0.0985 e. The van der Waals surface area contributed by atoms with Crippen molar-refractivity contribution in [2.75, 3.05) is 13.8 Å². The summed E-state index contributed by atoms with van der Waals surface area (Å²) >= 11 is 0. The average molecular weight is 246 g/mol. The molecule has 5 heteroatoms. The highest BCUT2D eigenvalue weighted by molar-refractivity contribution is 6.59. The van der Waals surface area contributed by atoms with E-state index in [9.17, 15) is 0 Å². The normalized spacial score (nSPS) is 12.1. The highest BCUT2D eigenvalue weighted by atomic mass is 28.3. The maximum atomic E-state index is 5.14. The summed E-state index contributed by atoms with van der Waals surface area (Å²) in [6.45, 7) is 1.30. The van der Waals surface area contributed by atoms with Gasteiger partial charge in [-0.3, -0.25) is 4.90 Å². The summed E-state index contributed by atoms with van der Waals surface area (Å²) in [6.07, 6.45) is 0. The topological polar surface area (TPSA) is 12.5 Å². The fourth-order valence-electron chi connectivity index (χ4n) is 1.22. The van der Waals surface area contributed by atoms with Gasteiger partial charge in [0.15, 0.2) is 0 Å². The van der Waals surface area contributed by atoms with E-state index in [2.05, 4.69) is 42.9 Å². The third-order valence-corrected chi connectivity index (χ3v) is 2.92. The molecule has 0 aromatic heterocycles. The predicted molar refractivity (Wildman–Crippen MR) is 63.9 cm³/mol. The van der Waals surface area contributed by atoms with E-state index < -0.39 is 4.41 Å². The lowest BCUT2D eigenvalue weighted by molar-refractivity contribution is 0.0550. The Morgan fingerprint density at radius 2 is 1.80 bits per heavy atom. The van der Waals surface area contributed by atoms with E-state index in [0.29, 0.717) is 6.73 Å². The van der Waals surface area contributed by atoms with E-state index in [1.54, 1.807) is 7.11 Å². The summed E-state index contributed by atoms with van der Waals surface area (Å²) < 4.78 is 4.68. The first-order valence-corrected chi connectivity index (χ1v) is 6.07. The van der Waals surface area contributed by atoms with Crippen LogP contribution in [0.1, 0.15) is 5.56 Å². The Morgan fingerprint density at radius 3 is 2.27 bits per heavy atom. The second kappa shape index (κ2) is 5.76. The molecule has 0 spiro atoms. The maximum absolute atomic E-state index is 5.14. The molecule has 0 amide bonds. The van der Waals surface area contributed by atoms with Crippen LogP contribution in [0.5, 0.6) is 0 Å². The lowest BCUT2D eigenvalue weighted by Gasteiger charge is -2.34. The van der Waals surface area contributed by atoms with Gasteiger partial charge in [-0.1, -0.05) is 30.3 Å². The van der Waals surface area contributed by atoms with E-state index >= 15 is 0 Å². The van der Waals surface area contributed by atoms with Crippen molar-refractivity contribution in [1.29, 1.82) is 0 Å². The molecule has 0 atom stereocenters. The van der Waals surface area contributed by atoms with Crippen LogP contribution in [-0.4, -0.2) is 53.9 Å². The molecule has 75 valence electrons. The second-order valence-corrected chi connectivity index (χ2v) is 6.98. The Kier molecular flexibility index (Phi) is 4.94. The van der Waals surface area contributed by atoms with Crippen LogP contribution in [0.2, 0.25) is 0 Å². The maximum Gasteiger partial charge on any atom is 0.0985 e. The van der Waals surface area contributed by atoms with Gasteiger partial charge in [0.2, 0.25) is 0 Å². The van der Waals surface area contributed by atoms with Gasteiger partial charge in [-0.15, -0.1) is 0 Å². The molecule has 2 nitrogen and oxygen atoms in total. The number of rotatable bonds is 5. The van der Waals surface area contributed by atoms with Crippen LogP contribution >= 0.6 is 0 Å². The van der Waals surface area contributed by atoms with Gasteiger partial charge in [0.1, 0.15) is 0 Å². The number of methoxy groups -OCH3 is 1. The van der Waals surface area contributed by atoms with E-state index in [0.717, 1.165) is 6.54 Å². The highest BCUT2D eigenvalue weighted by Crippen LogP contribution is 2.09. The largest absolute Gasteiger partial charge is 0.369 e. The first-order valence-electron chi connectivity index (χ1n) is 4.57. The molecule has 1 rings (SSSR count). The summed E-state index contributed by atoms with van der Waals surface area (Å²) in [5, 5.41) is 0. The molecule has 0 aliphatic carbocycles. The van der Waals surface area contributed by atoms with Crippen LogP contribution < -0.4 is 0 Å². The first-order chi connectivity index (χ1) is 7.04. The quantitative estimate of drug-likeness (QED) is 0.544. The van der Waals surface area contributed by atoms with Crippen molar-refractivity contribution in [3.63, 3.8) is 0 Å². The minimum absolute atomic E-state index is 0.453. The van der Waals surface area contributed by atoms with Crippen molar-refractivity contribution in [3.8, 4) is 0 Å². The second-order valence-electron chi connectivity index (χ2n) is 3.31. The van der Waals surface area contributed by atoms with Gasteiger partial charge in [0, 0.05) is 44.4 Å². The molecule has 0 N–H and O–H groups in total. The molecule has 0 saturated heterocycles. The van der Waals surface area contributed by atoms with Crippen molar-refractivity contribution >= 4 is 30.7 Å². The summed E-state index contributed by atoms with van der Waals surface area (Å²) in [4.78, 5) is 2.05. The Balaban J connectivity index is 2.67. The fourth-order valence-corrected chi connectivity index (χ4v) is 1.65. The molecule has 0 heterocycles. The number of benzene rings is 1. The minimum Gasteiger partial charge on any atom is -0.369 e. The van der Waals surface area contributed by atoms with Crippen LogP contribution in [0.15, 0.2) is 30.3 Å². The molecule has 0 saturated carbocycles. The summed E-state index contributed by atoms with van der Waals surface area (Å²) in [5.41, 5.74) is 1.23. The number of ether oxygens (including phenoxy) is 1. The van der Waals surface area contributed by atoms with E-state index in [4.69, 9.17) is 4.74 Å². The van der Waals surface area contributed by atoms with Crippen LogP contribution in [0.3, 0.4) is 0 Å². The summed E-state index contributed by atoms with van der Waals surface area (Å²) in [7, 11) is 12.3. The van der Waals surface area contributed by atoms with Crippen LogP contribution in [-0.2, 0) is 11.3 Å². The molecular formula is C10H12NOSi3. The van der Waals surface area contributed by atoms with Crippen molar-refractivity contribution in [2.24, 2.45) is 0 Å². The number of hydrogen-bond acceptors (Lipinski definition) is 2. The van der Waals surface area contributed by atoms with Gasteiger partial charge < -0.3 is 4.74 Å². The molecule has 15 heavy (non-hydrogen) atoms. The molecule has 0 fully saturated rings.